The fraction of sp³-hybridized carbons (Fsp3) is 0.500. The Morgan fingerprint density at radius 2 is 2.40 bits per heavy atom. The molecule has 2 unspecified atom stereocenters. The lowest BCUT2D eigenvalue weighted by Gasteiger charge is -2.21. The summed E-state index contributed by atoms with van der Waals surface area (Å²) in [5.41, 5.74) is 13.6. The number of nitrogens with two attached hydrogens (primary N) is 2. The van der Waals surface area contributed by atoms with Crippen LogP contribution in [0.4, 0.5) is 0 Å². The van der Waals surface area contributed by atoms with Crippen molar-refractivity contribution in [1.29, 1.82) is 0 Å². The molecule has 0 aliphatic heterocycles. The summed E-state index contributed by atoms with van der Waals surface area (Å²) < 4.78 is 0. The first kappa shape index (κ1) is 5.98. The molecule has 2 aliphatic carbocycles. The van der Waals surface area contributed by atoms with Crippen molar-refractivity contribution in [1.82, 2.24) is 0 Å². The summed E-state index contributed by atoms with van der Waals surface area (Å²) >= 11 is 0. The predicted molar refractivity (Wildman–Crippen MR) is 41.1 cm³/mol. The molecule has 54 valence electrons. The monoisotopic (exact) mass is 136 g/mol. The summed E-state index contributed by atoms with van der Waals surface area (Å²) in [6.45, 7) is 3.94. The van der Waals surface area contributed by atoms with E-state index in [4.69, 9.17) is 11.5 Å². The van der Waals surface area contributed by atoms with Crippen LogP contribution in [-0.4, -0.2) is 5.54 Å². The Balaban J connectivity index is 2.43. The minimum absolute atomic E-state index is 0.220. The van der Waals surface area contributed by atoms with E-state index in [1.165, 1.54) is 5.57 Å². The Bertz CT molecular complexity index is 229. The molecule has 0 aromatic heterocycles. The van der Waals surface area contributed by atoms with Crippen LogP contribution in [0.2, 0.25) is 0 Å². The molecule has 0 saturated heterocycles. The highest BCUT2D eigenvalue weighted by atomic mass is 14.9. The molecule has 1 saturated carbocycles. The van der Waals surface area contributed by atoms with Crippen LogP contribution in [-0.2, 0) is 0 Å². The van der Waals surface area contributed by atoms with Crippen LogP contribution >= 0.6 is 0 Å². The van der Waals surface area contributed by atoms with E-state index in [-0.39, 0.29) is 5.54 Å². The number of rotatable bonds is 0. The van der Waals surface area contributed by atoms with E-state index < -0.39 is 0 Å². The molecule has 0 heterocycles. The average molecular weight is 136 g/mol. The predicted octanol–water partition coefficient (Wildman–Crippen LogP) is 0.506. The van der Waals surface area contributed by atoms with Crippen molar-refractivity contribution in [2.24, 2.45) is 17.4 Å². The number of allylic oxidation sites excluding steroid dienone is 1. The van der Waals surface area contributed by atoms with Crippen LogP contribution in [0.25, 0.3) is 0 Å². The van der Waals surface area contributed by atoms with Crippen LogP contribution in [0, 0.1) is 5.92 Å². The maximum absolute atomic E-state index is 5.98. The first-order valence-corrected chi connectivity index (χ1v) is 3.56. The summed E-state index contributed by atoms with van der Waals surface area (Å²) in [5, 5.41) is 0. The van der Waals surface area contributed by atoms with E-state index in [0.29, 0.717) is 5.92 Å². The van der Waals surface area contributed by atoms with Crippen molar-refractivity contribution in [3.63, 3.8) is 0 Å². The van der Waals surface area contributed by atoms with E-state index in [0.717, 1.165) is 18.5 Å². The van der Waals surface area contributed by atoms with Crippen molar-refractivity contribution in [3.8, 4) is 0 Å². The van der Waals surface area contributed by atoms with E-state index in [1.807, 2.05) is 6.08 Å². The number of fused-ring (bicyclic) bond motifs is 2. The Hall–Kier alpha value is -0.760. The maximum atomic E-state index is 5.98. The minimum Gasteiger partial charge on any atom is -0.401 e. The second-order valence-electron chi connectivity index (χ2n) is 3.42. The molecular formula is C8H12N2. The Labute approximate surface area is 60.6 Å². The van der Waals surface area contributed by atoms with Crippen molar-refractivity contribution >= 4 is 0 Å². The number of hydrogen-bond donors (Lipinski definition) is 2. The first-order valence-electron chi connectivity index (χ1n) is 3.56. The average Bonchev–Trinajstić information content (AvgIpc) is 2.20. The summed E-state index contributed by atoms with van der Waals surface area (Å²) in [6.07, 6.45) is 3.92. The highest BCUT2D eigenvalue weighted by Crippen LogP contribution is 2.45. The largest absolute Gasteiger partial charge is 0.401 e. The number of hydrogen-bond acceptors (Lipinski definition) is 2. The van der Waals surface area contributed by atoms with Crippen LogP contribution < -0.4 is 11.5 Å². The maximum Gasteiger partial charge on any atom is 0.0599 e. The molecule has 0 spiro atoms. The van der Waals surface area contributed by atoms with Gasteiger partial charge in [0.25, 0.3) is 0 Å². The van der Waals surface area contributed by atoms with E-state index in [9.17, 15) is 0 Å². The van der Waals surface area contributed by atoms with Gasteiger partial charge in [-0.1, -0.05) is 18.2 Å². The standard InChI is InChI=1S/C8H12N2/c1-5-3-8(10)4-6(5)2-7(8)9/h2,6H,1,3-4,9-10H2. The smallest absolute Gasteiger partial charge is 0.0599 e. The third-order valence-electron chi connectivity index (χ3n) is 2.61. The van der Waals surface area contributed by atoms with Gasteiger partial charge in [0.1, 0.15) is 0 Å². The molecule has 0 amide bonds. The van der Waals surface area contributed by atoms with Gasteiger partial charge in [-0.2, -0.15) is 0 Å². The van der Waals surface area contributed by atoms with Crippen LogP contribution in [0.1, 0.15) is 12.8 Å². The lowest BCUT2D eigenvalue weighted by molar-refractivity contribution is 0.530. The van der Waals surface area contributed by atoms with Crippen LogP contribution in [0.5, 0.6) is 0 Å². The summed E-state index contributed by atoms with van der Waals surface area (Å²) in [7, 11) is 0. The fourth-order valence-electron chi connectivity index (χ4n) is 1.92. The Morgan fingerprint density at radius 3 is 2.70 bits per heavy atom. The molecule has 0 aromatic carbocycles. The molecule has 4 N–H and O–H groups in total. The van der Waals surface area contributed by atoms with Gasteiger partial charge in [-0.05, 0) is 12.8 Å². The molecule has 0 aromatic rings. The van der Waals surface area contributed by atoms with E-state index >= 15 is 0 Å². The molecule has 2 bridgehead atoms. The second kappa shape index (κ2) is 1.45. The van der Waals surface area contributed by atoms with Gasteiger partial charge in [0.05, 0.1) is 5.54 Å². The first-order chi connectivity index (χ1) is 4.62. The third-order valence-corrected chi connectivity index (χ3v) is 2.61. The zero-order valence-electron chi connectivity index (χ0n) is 5.93. The van der Waals surface area contributed by atoms with Gasteiger partial charge in [0, 0.05) is 11.6 Å². The molecule has 2 nitrogen and oxygen atoms in total. The molecule has 2 atom stereocenters. The molecule has 10 heavy (non-hydrogen) atoms. The van der Waals surface area contributed by atoms with Crippen molar-refractivity contribution < 1.29 is 0 Å². The molecular weight excluding hydrogens is 124 g/mol. The zero-order valence-corrected chi connectivity index (χ0v) is 5.93. The third kappa shape index (κ3) is 0.522. The highest BCUT2D eigenvalue weighted by molar-refractivity contribution is 5.38. The molecule has 2 rings (SSSR count). The lowest BCUT2D eigenvalue weighted by atomic mass is 9.95. The summed E-state index contributed by atoms with van der Waals surface area (Å²) in [6, 6.07) is 0. The molecule has 0 radical (unpaired) electrons. The van der Waals surface area contributed by atoms with Crippen molar-refractivity contribution in [2.75, 3.05) is 0 Å². The second-order valence-corrected chi connectivity index (χ2v) is 3.42. The zero-order chi connectivity index (χ0) is 7.35. The summed E-state index contributed by atoms with van der Waals surface area (Å²) in [5.74, 6) is 0.477. The van der Waals surface area contributed by atoms with Gasteiger partial charge in [0.2, 0.25) is 0 Å². The van der Waals surface area contributed by atoms with Gasteiger partial charge in [-0.25, -0.2) is 0 Å². The van der Waals surface area contributed by atoms with E-state index in [2.05, 4.69) is 6.58 Å². The molecule has 2 heteroatoms. The minimum atomic E-state index is -0.220. The Kier molecular flexibility index (Phi) is 0.869. The molecule has 1 fully saturated rings. The van der Waals surface area contributed by atoms with Gasteiger partial charge in [0.15, 0.2) is 0 Å². The van der Waals surface area contributed by atoms with Crippen LogP contribution in [0.15, 0.2) is 23.9 Å². The van der Waals surface area contributed by atoms with Gasteiger partial charge >= 0.3 is 0 Å². The van der Waals surface area contributed by atoms with Gasteiger partial charge in [-0.3, -0.25) is 0 Å². The topological polar surface area (TPSA) is 52.0 Å². The van der Waals surface area contributed by atoms with Gasteiger partial charge in [-0.15, -0.1) is 0 Å². The highest BCUT2D eigenvalue weighted by Gasteiger charge is 2.44. The SMILES string of the molecule is C=C1CC2(N)CC1C=C2N. The molecule has 2 aliphatic rings. The van der Waals surface area contributed by atoms with E-state index in [1.54, 1.807) is 0 Å². The lowest BCUT2D eigenvalue weighted by Crippen LogP contribution is -2.40. The van der Waals surface area contributed by atoms with Crippen molar-refractivity contribution in [3.05, 3.63) is 23.9 Å². The summed E-state index contributed by atoms with van der Waals surface area (Å²) in [4.78, 5) is 0. The fourth-order valence-corrected chi connectivity index (χ4v) is 1.92. The normalized spacial score (nSPS) is 44.3. The van der Waals surface area contributed by atoms with Crippen LogP contribution in [0.3, 0.4) is 0 Å². The Morgan fingerprint density at radius 1 is 1.70 bits per heavy atom. The quantitative estimate of drug-likeness (QED) is 0.477. The van der Waals surface area contributed by atoms with Gasteiger partial charge < -0.3 is 11.5 Å². The van der Waals surface area contributed by atoms with Crippen molar-refractivity contribution in [2.45, 2.75) is 18.4 Å².